The lowest BCUT2D eigenvalue weighted by molar-refractivity contribution is 0.171. The van der Waals surface area contributed by atoms with Gasteiger partial charge in [-0.15, -0.1) is 0 Å². The molecule has 7 nitrogen and oxygen atoms in total. The number of fused-ring (bicyclic) bond motifs is 2. The smallest absolute Gasteiger partial charge is 0.252 e. The van der Waals surface area contributed by atoms with Crippen molar-refractivity contribution >= 4 is 20.9 Å². The predicted octanol–water partition coefficient (Wildman–Crippen LogP) is 4.66. The number of pyridine rings is 1. The molecule has 0 radical (unpaired) electrons. The zero-order chi connectivity index (χ0) is 26.2. The summed E-state index contributed by atoms with van der Waals surface area (Å²) >= 11 is 0. The highest BCUT2D eigenvalue weighted by atomic mass is 32.2. The number of nitrogens with one attached hydrogen (secondary N) is 1. The van der Waals surface area contributed by atoms with Gasteiger partial charge in [0, 0.05) is 24.7 Å². The van der Waals surface area contributed by atoms with Gasteiger partial charge in [-0.05, 0) is 73.5 Å². The number of nitrogens with zero attached hydrogens (tertiary/aromatic N) is 1. The summed E-state index contributed by atoms with van der Waals surface area (Å²) in [6.07, 6.45) is 0.514. The van der Waals surface area contributed by atoms with Crippen LogP contribution in [0.25, 0.3) is 10.9 Å². The van der Waals surface area contributed by atoms with Crippen molar-refractivity contribution < 1.29 is 17.9 Å². The molecule has 1 aliphatic heterocycles. The third-order valence-electron chi connectivity index (χ3n) is 6.76. The number of ether oxygens (including phenoxy) is 2. The van der Waals surface area contributed by atoms with Gasteiger partial charge in [0.15, 0.2) is 11.5 Å². The van der Waals surface area contributed by atoms with Crippen LogP contribution in [-0.4, -0.2) is 37.5 Å². The Hall–Kier alpha value is -3.62. The molecule has 5 rings (SSSR count). The molecule has 0 fully saturated rings. The molecule has 1 aromatic heterocycles. The summed E-state index contributed by atoms with van der Waals surface area (Å²) in [4.78, 5) is 16.1. The summed E-state index contributed by atoms with van der Waals surface area (Å²) < 4.78 is 40.4. The normalized spacial score (nSPS) is 13.3. The molecule has 0 unspecified atom stereocenters. The van der Waals surface area contributed by atoms with Crippen LogP contribution in [0, 0.1) is 20.8 Å². The van der Waals surface area contributed by atoms with Crippen molar-refractivity contribution in [1.29, 1.82) is 0 Å². The summed E-state index contributed by atoms with van der Waals surface area (Å²) in [5.41, 5.74) is 5.06. The van der Waals surface area contributed by atoms with Crippen LogP contribution < -0.4 is 15.0 Å². The third kappa shape index (κ3) is 5.12. The van der Waals surface area contributed by atoms with Crippen LogP contribution in [0.2, 0.25) is 0 Å². The highest BCUT2D eigenvalue weighted by molar-refractivity contribution is 7.89. The second-order valence-corrected chi connectivity index (χ2v) is 11.4. The van der Waals surface area contributed by atoms with E-state index in [0.29, 0.717) is 36.7 Å². The van der Waals surface area contributed by atoms with Gasteiger partial charge in [0.05, 0.1) is 10.4 Å². The summed E-state index contributed by atoms with van der Waals surface area (Å²) in [7, 11) is -3.96. The Morgan fingerprint density at radius 1 is 0.865 bits per heavy atom. The van der Waals surface area contributed by atoms with Crippen molar-refractivity contribution in [3.63, 3.8) is 0 Å². The van der Waals surface area contributed by atoms with Crippen molar-refractivity contribution in [1.82, 2.24) is 9.29 Å². The Morgan fingerprint density at radius 2 is 1.62 bits per heavy atom. The fraction of sp³-hybridized carbons (Fsp3) is 0.276. The van der Waals surface area contributed by atoms with E-state index in [-0.39, 0.29) is 23.5 Å². The van der Waals surface area contributed by atoms with E-state index in [1.165, 1.54) is 16.4 Å². The lowest BCUT2D eigenvalue weighted by atomic mass is 10.0. The average molecular weight is 519 g/mol. The average Bonchev–Trinajstić information content (AvgIpc) is 2.87. The largest absolute Gasteiger partial charge is 0.486 e. The first kappa shape index (κ1) is 25.0. The quantitative estimate of drug-likeness (QED) is 0.385. The Kier molecular flexibility index (Phi) is 6.79. The Bertz CT molecular complexity index is 1640. The number of aromatic nitrogens is 1. The lowest BCUT2D eigenvalue weighted by Crippen LogP contribution is -2.34. The van der Waals surface area contributed by atoms with Gasteiger partial charge in [0.25, 0.3) is 5.56 Å². The molecule has 3 aromatic carbocycles. The predicted molar refractivity (Wildman–Crippen MR) is 144 cm³/mol. The molecule has 0 spiro atoms. The number of rotatable bonds is 7. The van der Waals surface area contributed by atoms with Gasteiger partial charge in [-0.3, -0.25) is 4.79 Å². The van der Waals surface area contributed by atoms with E-state index in [0.717, 1.165) is 33.2 Å². The molecule has 4 aromatic rings. The van der Waals surface area contributed by atoms with Gasteiger partial charge in [-0.25, -0.2) is 8.42 Å². The van der Waals surface area contributed by atoms with Crippen molar-refractivity contribution in [2.45, 2.75) is 38.6 Å². The molecular formula is C29H30N2O5S. The van der Waals surface area contributed by atoms with Crippen LogP contribution in [0.4, 0.5) is 0 Å². The first-order chi connectivity index (χ1) is 17.7. The van der Waals surface area contributed by atoms with Crippen LogP contribution in [0.3, 0.4) is 0 Å². The fourth-order valence-electron chi connectivity index (χ4n) is 4.79. The Morgan fingerprint density at radius 3 is 2.41 bits per heavy atom. The van der Waals surface area contributed by atoms with Crippen LogP contribution in [0.5, 0.6) is 11.5 Å². The van der Waals surface area contributed by atoms with E-state index >= 15 is 0 Å². The summed E-state index contributed by atoms with van der Waals surface area (Å²) in [5.74, 6) is 0.925. The topological polar surface area (TPSA) is 88.7 Å². The molecule has 1 N–H and O–H groups in total. The first-order valence-corrected chi connectivity index (χ1v) is 13.7. The summed E-state index contributed by atoms with van der Waals surface area (Å²) in [5, 5.41) is 0.877. The van der Waals surface area contributed by atoms with Gasteiger partial charge >= 0.3 is 0 Å². The fourth-order valence-corrected chi connectivity index (χ4v) is 6.23. The van der Waals surface area contributed by atoms with E-state index in [2.05, 4.69) is 4.98 Å². The SMILES string of the molecule is Cc1cc(C)c2[nH]c(=O)c(CN(CCc3ccccc3C)S(=O)(=O)c3ccc4c(c3)OCCO4)cc2c1. The molecule has 1 aliphatic rings. The van der Waals surface area contributed by atoms with Crippen molar-refractivity contribution in [2.75, 3.05) is 19.8 Å². The van der Waals surface area contributed by atoms with Crippen LogP contribution in [0.1, 0.15) is 27.8 Å². The first-order valence-electron chi connectivity index (χ1n) is 12.3. The van der Waals surface area contributed by atoms with E-state index in [1.54, 1.807) is 12.1 Å². The Labute approximate surface area is 216 Å². The molecule has 0 amide bonds. The third-order valence-corrected chi connectivity index (χ3v) is 8.60. The minimum absolute atomic E-state index is 0.0546. The van der Waals surface area contributed by atoms with E-state index in [4.69, 9.17) is 9.47 Å². The van der Waals surface area contributed by atoms with E-state index in [1.807, 2.05) is 57.2 Å². The Balaban J connectivity index is 1.54. The molecule has 192 valence electrons. The lowest BCUT2D eigenvalue weighted by Gasteiger charge is -2.24. The van der Waals surface area contributed by atoms with E-state index < -0.39 is 10.0 Å². The molecule has 0 bridgehead atoms. The second-order valence-electron chi connectivity index (χ2n) is 9.49. The van der Waals surface area contributed by atoms with Gasteiger partial charge in [-0.1, -0.05) is 35.9 Å². The highest BCUT2D eigenvalue weighted by Gasteiger charge is 2.28. The highest BCUT2D eigenvalue weighted by Crippen LogP contribution is 2.33. The molecule has 8 heteroatoms. The summed E-state index contributed by atoms with van der Waals surface area (Å²) in [6.45, 7) is 6.90. The molecule has 2 heterocycles. The maximum atomic E-state index is 13.9. The molecule has 0 saturated heterocycles. The standard InChI is InChI=1S/C29H30N2O5S/c1-19-14-21(3)28-23(15-19)16-24(29(32)30-28)18-31(11-10-22-7-5-4-6-20(22)2)37(33,34)25-8-9-26-27(17-25)36-13-12-35-26/h4-9,14-17H,10-13,18H2,1-3H3,(H,30,32). The molecule has 0 saturated carbocycles. The molecule has 37 heavy (non-hydrogen) atoms. The maximum absolute atomic E-state index is 13.9. The van der Waals surface area contributed by atoms with Gasteiger partial charge < -0.3 is 14.5 Å². The van der Waals surface area contributed by atoms with Gasteiger partial charge in [0.1, 0.15) is 13.2 Å². The molecule has 0 atom stereocenters. The number of aromatic amines is 1. The monoisotopic (exact) mass is 518 g/mol. The van der Waals surface area contributed by atoms with Crippen molar-refractivity contribution in [2.24, 2.45) is 0 Å². The van der Waals surface area contributed by atoms with Gasteiger partial charge in [-0.2, -0.15) is 4.31 Å². The molecule has 0 aliphatic carbocycles. The van der Waals surface area contributed by atoms with Crippen LogP contribution in [-0.2, 0) is 23.0 Å². The minimum atomic E-state index is -3.96. The number of aryl methyl sites for hydroxylation is 3. The zero-order valence-electron chi connectivity index (χ0n) is 21.2. The second kappa shape index (κ2) is 10.0. The van der Waals surface area contributed by atoms with Crippen LogP contribution in [0.15, 0.2) is 70.4 Å². The van der Waals surface area contributed by atoms with Gasteiger partial charge in [0.2, 0.25) is 10.0 Å². The minimum Gasteiger partial charge on any atom is -0.486 e. The summed E-state index contributed by atoms with van der Waals surface area (Å²) in [6, 6.07) is 18.4. The van der Waals surface area contributed by atoms with Crippen molar-refractivity contribution in [3.8, 4) is 11.5 Å². The number of hydrogen-bond acceptors (Lipinski definition) is 5. The van der Waals surface area contributed by atoms with E-state index in [9.17, 15) is 13.2 Å². The van der Waals surface area contributed by atoms with Crippen molar-refractivity contribution in [3.05, 3.63) is 98.8 Å². The number of H-pyrrole nitrogens is 1. The number of benzene rings is 3. The van der Waals surface area contributed by atoms with Crippen LogP contribution >= 0.6 is 0 Å². The number of sulfonamides is 1. The number of hydrogen-bond donors (Lipinski definition) is 1. The molecular weight excluding hydrogens is 488 g/mol. The zero-order valence-corrected chi connectivity index (χ0v) is 22.0. The maximum Gasteiger partial charge on any atom is 0.252 e.